The molecule has 6 nitrogen and oxygen atoms in total. The fraction of sp³-hybridized carbons (Fsp3) is 0.500. The maximum absolute atomic E-state index is 14.9. The highest BCUT2D eigenvalue weighted by Gasteiger charge is 2.74. The van der Waals surface area contributed by atoms with Crippen LogP contribution in [-0.4, -0.2) is 64.1 Å². The van der Waals surface area contributed by atoms with Crippen LogP contribution in [0.5, 0.6) is 0 Å². The molecule has 16 heteroatoms. The van der Waals surface area contributed by atoms with E-state index < -0.39 is 71.6 Å². The van der Waals surface area contributed by atoms with Crippen LogP contribution in [0.3, 0.4) is 0 Å². The summed E-state index contributed by atoms with van der Waals surface area (Å²) >= 11 is 5.92. The second-order valence-electron chi connectivity index (χ2n) is 10.8. The smallest absolute Gasteiger partial charge is 0.337 e. The molecule has 3 aliphatic rings. The maximum atomic E-state index is 14.9. The topological polar surface area (TPSA) is 88.6 Å². The van der Waals surface area contributed by atoms with Crippen LogP contribution >= 0.6 is 11.6 Å². The van der Waals surface area contributed by atoms with E-state index in [0.29, 0.717) is 6.07 Å². The van der Waals surface area contributed by atoms with Gasteiger partial charge in [-0.1, -0.05) is 29.8 Å². The fourth-order valence-electron chi connectivity index (χ4n) is 6.54. The van der Waals surface area contributed by atoms with Gasteiger partial charge in [0.05, 0.1) is 28.4 Å². The van der Waals surface area contributed by atoms with Gasteiger partial charge in [0.15, 0.2) is 19.7 Å². The number of hydrogen-bond acceptors (Lipinski definition) is 5. The van der Waals surface area contributed by atoms with Crippen LogP contribution in [-0.2, 0) is 41.3 Å². The molecule has 2 aromatic rings. The van der Waals surface area contributed by atoms with Gasteiger partial charge in [0.2, 0.25) is 5.91 Å². The highest BCUT2D eigenvalue weighted by molar-refractivity contribution is 7.92. The summed E-state index contributed by atoms with van der Waals surface area (Å²) in [6, 6.07) is 5.31. The molecule has 2 saturated heterocycles. The third kappa shape index (κ3) is 4.52. The van der Waals surface area contributed by atoms with Crippen molar-refractivity contribution in [3.05, 3.63) is 64.2 Å². The number of hydrogen-bond donors (Lipinski definition) is 0. The number of rotatable bonds is 4. The molecule has 5 rings (SSSR count). The van der Waals surface area contributed by atoms with E-state index in [0.717, 1.165) is 6.07 Å². The number of aryl methyl sites for hydroxylation is 1. The van der Waals surface area contributed by atoms with Crippen LogP contribution in [0.4, 0.5) is 30.7 Å². The molecule has 2 fully saturated rings. The van der Waals surface area contributed by atoms with Crippen LogP contribution in [0.25, 0.3) is 0 Å². The van der Waals surface area contributed by atoms with Crippen molar-refractivity contribution in [3.63, 3.8) is 0 Å². The molecule has 230 valence electrons. The highest BCUT2D eigenvalue weighted by atomic mass is 35.5. The van der Waals surface area contributed by atoms with Crippen molar-refractivity contribution >= 4 is 37.2 Å². The van der Waals surface area contributed by atoms with Crippen molar-refractivity contribution < 1.29 is 52.4 Å². The molecule has 1 aliphatic carbocycles. The zero-order valence-corrected chi connectivity index (χ0v) is 23.9. The standard InChI is InChI=1S/C26H23ClF7NO5S2/c27-18-3-5-19(6-4-18)42(39,40)23-10-11-35(22(36)16-9-12-41(37,38)14-16)21(23)8-1-15-13-17(2-7-20(15)23)24(28,25(29,30)31)26(32,33)34/h2-7,13,16,21H,1,8-12,14H2/t16-,21?,23?/m0/s1. The Hall–Kier alpha value is -2.39. The molecule has 0 radical (unpaired) electrons. The maximum Gasteiger partial charge on any atom is 0.435 e. The first-order valence-electron chi connectivity index (χ1n) is 12.7. The van der Waals surface area contributed by atoms with Crippen molar-refractivity contribution in [1.29, 1.82) is 0 Å². The van der Waals surface area contributed by atoms with Crippen LogP contribution in [0.1, 0.15) is 36.0 Å². The van der Waals surface area contributed by atoms with E-state index in [1.807, 2.05) is 0 Å². The third-order valence-electron chi connectivity index (χ3n) is 8.53. The lowest BCUT2D eigenvalue weighted by atomic mass is 9.76. The minimum atomic E-state index is -6.36. The molecule has 0 aromatic heterocycles. The number of benzene rings is 2. The number of halogens is 8. The average Bonchev–Trinajstić information content (AvgIpc) is 3.47. The molecule has 0 spiro atoms. The Labute approximate surface area is 241 Å². The Morgan fingerprint density at radius 3 is 2.12 bits per heavy atom. The monoisotopic (exact) mass is 661 g/mol. The number of amides is 1. The number of carbonyl (C=O) groups excluding carboxylic acids is 1. The second kappa shape index (κ2) is 9.81. The highest BCUT2D eigenvalue weighted by Crippen LogP contribution is 2.57. The predicted octanol–water partition coefficient (Wildman–Crippen LogP) is 5.28. The van der Waals surface area contributed by atoms with Gasteiger partial charge in [-0.15, -0.1) is 0 Å². The van der Waals surface area contributed by atoms with Crippen LogP contribution in [0.2, 0.25) is 5.02 Å². The van der Waals surface area contributed by atoms with Crippen molar-refractivity contribution in [2.24, 2.45) is 5.92 Å². The van der Waals surface area contributed by atoms with Gasteiger partial charge in [0.25, 0.3) is 0 Å². The average molecular weight is 662 g/mol. The minimum absolute atomic E-state index is 0.0364. The van der Waals surface area contributed by atoms with Crippen molar-refractivity contribution in [2.45, 2.75) is 59.4 Å². The van der Waals surface area contributed by atoms with Gasteiger partial charge in [-0.3, -0.25) is 4.79 Å². The molecule has 2 aliphatic heterocycles. The molecule has 0 saturated carbocycles. The van der Waals surface area contributed by atoms with Gasteiger partial charge in [-0.25, -0.2) is 21.2 Å². The van der Waals surface area contributed by atoms with Crippen molar-refractivity contribution in [1.82, 2.24) is 4.90 Å². The first-order chi connectivity index (χ1) is 19.3. The van der Waals surface area contributed by atoms with Crippen LogP contribution < -0.4 is 0 Å². The third-order valence-corrected chi connectivity index (χ3v) is 13.1. The largest absolute Gasteiger partial charge is 0.435 e. The lowest BCUT2D eigenvalue weighted by molar-refractivity contribution is -0.348. The van der Waals surface area contributed by atoms with Gasteiger partial charge >= 0.3 is 18.0 Å². The molecule has 3 atom stereocenters. The van der Waals surface area contributed by atoms with E-state index in [1.54, 1.807) is 0 Å². The summed E-state index contributed by atoms with van der Waals surface area (Å²) < 4.78 is 147. The molecule has 0 N–H and O–H groups in total. The summed E-state index contributed by atoms with van der Waals surface area (Å²) in [6.45, 7) is -0.161. The number of nitrogens with zero attached hydrogens (tertiary/aromatic N) is 1. The summed E-state index contributed by atoms with van der Waals surface area (Å²) in [6.07, 6.45) is -13.4. The second-order valence-corrected chi connectivity index (χ2v) is 15.7. The molecule has 2 heterocycles. The number of sulfone groups is 2. The molecule has 1 amide bonds. The van der Waals surface area contributed by atoms with E-state index in [-0.39, 0.29) is 65.1 Å². The number of alkyl halides is 7. The van der Waals surface area contributed by atoms with Crippen molar-refractivity contribution in [2.75, 3.05) is 18.1 Å². The van der Waals surface area contributed by atoms with Crippen molar-refractivity contribution in [3.8, 4) is 0 Å². The quantitative estimate of drug-likeness (QED) is 0.416. The first-order valence-corrected chi connectivity index (χ1v) is 16.4. The predicted molar refractivity (Wildman–Crippen MR) is 137 cm³/mol. The first kappa shape index (κ1) is 31.0. The van der Waals surface area contributed by atoms with E-state index in [2.05, 4.69) is 0 Å². The summed E-state index contributed by atoms with van der Waals surface area (Å²) in [7, 11) is -8.00. The fourth-order valence-corrected chi connectivity index (χ4v) is 10.8. The molecular weight excluding hydrogens is 639 g/mol. The zero-order chi connectivity index (χ0) is 31.1. The summed E-state index contributed by atoms with van der Waals surface area (Å²) in [4.78, 5) is 14.5. The Morgan fingerprint density at radius 1 is 0.952 bits per heavy atom. The molecule has 42 heavy (non-hydrogen) atoms. The normalized spacial score (nSPS) is 26.1. The lowest BCUT2D eigenvalue weighted by Gasteiger charge is -2.43. The molecule has 0 bridgehead atoms. The number of fused-ring (bicyclic) bond motifs is 3. The molecule has 2 unspecified atom stereocenters. The SMILES string of the molecule is O=C([C@H]1CCS(=O)(=O)C1)N1CCC2(S(=O)(=O)c3ccc(Cl)cc3)c3ccc(C(F)(C(F)(F)F)C(F)(F)F)cc3CCC12. The van der Waals surface area contributed by atoms with Crippen LogP contribution in [0, 0.1) is 5.92 Å². The minimum Gasteiger partial charge on any atom is -0.337 e. The summed E-state index contributed by atoms with van der Waals surface area (Å²) in [5, 5.41) is 0.195. The van der Waals surface area contributed by atoms with E-state index in [9.17, 15) is 52.4 Å². The summed E-state index contributed by atoms with van der Waals surface area (Å²) in [5.41, 5.74) is -7.81. The van der Waals surface area contributed by atoms with E-state index >= 15 is 0 Å². The van der Waals surface area contributed by atoms with E-state index in [1.165, 1.54) is 29.2 Å². The molecular formula is C26H23ClF7NO5S2. The number of likely N-dealkylation sites (tertiary alicyclic amines) is 1. The van der Waals surface area contributed by atoms with E-state index in [4.69, 9.17) is 11.6 Å². The molecule has 2 aromatic carbocycles. The van der Waals surface area contributed by atoms with Gasteiger partial charge in [-0.05, 0) is 61.1 Å². The Kier molecular flexibility index (Phi) is 7.25. The zero-order valence-electron chi connectivity index (χ0n) is 21.5. The Bertz CT molecular complexity index is 1630. The summed E-state index contributed by atoms with van der Waals surface area (Å²) in [5.74, 6) is -2.14. The number of carbonyl (C=O) groups is 1. The van der Waals surface area contributed by atoms with Gasteiger partial charge in [0, 0.05) is 17.1 Å². The Balaban J connectivity index is 1.68. The lowest BCUT2D eigenvalue weighted by Crippen LogP contribution is -2.53. The Morgan fingerprint density at radius 2 is 1.57 bits per heavy atom. The van der Waals surface area contributed by atoms with Gasteiger partial charge in [0.1, 0.15) is 4.75 Å². The van der Waals surface area contributed by atoms with Crippen LogP contribution in [0.15, 0.2) is 47.4 Å². The van der Waals surface area contributed by atoms with Gasteiger partial charge in [-0.2, -0.15) is 26.3 Å². The van der Waals surface area contributed by atoms with Gasteiger partial charge < -0.3 is 4.90 Å².